The molecule has 10 heteroatoms. The third-order valence-electron chi connectivity index (χ3n) is 3.94. The predicted octanol–water partition coefficient (Wildman–Crippen LogP) is 4.33. The SMILES string of the molecule is CCOc1ccc(C(=O)Nc2nc(-c3ccc(NC(C)=O)cc3)cs2)cc1[N+](=O)[O-]. The van der Waals surface area contributed by atoms with Crippen molar-refractivity contribution < 1.29 is 19.2 Å². The number of rotatable bonds is 7. The molecule has 1 aromatic heterocycles. The Labute approximate surface area is 175 Å². The summed E-state index contributed by atoms with van der Waals surface area (Å²) in [4.78, 5) is 38.6. The molecule has 3 rings (SSSR count). The van der Waals surface area contributed by atoms with Crippen LogP contribution in [0.5, 0.6) is 5.75 Å². The number of nitrogens with zero attached hydrogens (tertiary/aromatic N) is 2. The zero-order chi connectivity index (χ0) is 21.7. The highest BCUT2D eigenvalue weighted by molar-refractivity contribution is 7.14. The van der Waals surface area contributed by atoms with Gasteiger partial charge in [-0.1, -0.05) is 12.1 Å². The van der Waals surface area contributed by atoms with Crippen LogP contribution >= 0.6 is 11.3 Å². The lowest BCUT2D eigenvalue weighted by Crippen LogP contribution is -2.12. The molecule has 0 aliphatic carbocycles. The van der Waals surface area contributed by atoms with Crippen molar-refractivity contribution in [1.29, 1.82) is 0 Å². The Kier molecular flexibility index (Phi) is 6.38. The molecule has 0 saturated heterocycles. The fourth-order valence-corrected chi connectivity index (χ4v) is 3.35. The number of nitro benzene ring substituents is 1. The van der Waals surface area contributed by atoms with Crippen LogP contribution in [0.2, 0.25) is 0 Å². The Morgan fingerprint density at radius 1 is 1.17 bits per heavy atom. The standard InChI is InChI=1S/C20H18N4O5S/c1-3-29-18-9-6-14(10-17(18)24(27)28)19(26)23-20-22-16(11-30-20)13-4-7-15(8-5-13)21-12(2)25/h4-11H,3H2,1-2H3,(H,21,25)(H,22,23,26). The Balaban J connectivity index is 1.74. The summed E-state index contributed by atoms with van der Waals surface area (Å²) in [5, 5.41) is 18.7. The van der Waals surface area contributed by atoms with Crippen LogP contribution in [0.4, 0.5) is 16.5 Å². The van der Waals surface area contributed by atoms with Crippen molar-refractivity contribution in [1.82, 2.24) is 4.98 Å². The maximum absolute atomic E-state index is 12.5. The summed E-state index contributed by atoms with van der Waals surface area (Å²) in [6, 6.07) is 11.2. The molecule has 3 aromatic rings. The molecule has 0 unspecified atom stereocenters. The average Bonchev–Trinajstić information content (AvgIpc) is 3.17. The van der Waals surface area contributed by atoms with E-state index in [1.165, 1.54) is 36.5 Å². The number of carbonyl (C=O) groups is 2. The van der Waals surface area contributed by atoms with E-state index in [1.54, 1.807) is 24.4 Å². The molecule has 0 fully saturated rings. The highest BCUT2D eigenvalue weighted by Crippen LogP contribution is 2.29. The van der Waals surface area contributed by atoms with Gasteiger partial charge in [-0.15, -0.1) is 11.3 Å². The summed E-state index contributed by atoms with van der Waals surface area (Å²) in [7, 11) is 0. The zero-order valence-electron chi connectivity index (χ0n) is 16.2. The van der Waals surface area contributed by atoms with Crippen molar-refractivity contribution in [3.8, 4) is 17.0 Å². The Morgan fingerprint density at radius 3 is 2.53 bits per heavy atom. The molecule has 0 aliphatic heterocycles. The van der Waals surface area contributed by atoms with Crippen molar-refractivity contribution >= 4 is 39.7 Å². The monoisotopic (exact) mass is 426 g/mol. The summed E-state index contributed by atoms with van der Waals surface area (Å²) in [5.41, 5.74) is 2.00. The van der Waals surface area contributed by atoms with Gasteiger partial charge in [0.2, 0.25) is 5.91 Å². The van der Waals surface area contributed by atoms with Crippen molar-refractivity contribution in [2.75, 3.05) is 17.2 Å². The van der Waals surface area contributed by atoms with Crippen molar-refractivity contribution in [2.24, 2.45) is 0 Å². The molecular formula is C20H18N4O5S. The van der Waals surface area contributed by atoms with Gasteiger partial charge in [0.05, 0.1) is 17.2 Å². The molecule has 1 heterocycles. The summed E-state index contributed by atoms with van der Waals surface area (Å²) in [6.45, 7) is 3.43. The van der Waals surface area contributed by atoms with Gasteiger partial charge in [-0.25, -0.2) is 4.98 Å². The molecule has 0 spiro atoms. The van der Waals surface area contributed by atoms with Gasteiger partial charge in [-0.2, -0.15) is 0 Å². The molecule has 2 N–H and O–H groups in total. The number of benzene rings is 2. The van der Waals surface area contributed by atoms with Crippen LogP contribution in [0.15, 0.2) is 47.8 Å². The van der Waals surface area contributed by atoms with Gasteiger partial charge in [0, 0.05) is 35.2 Å². The second-order valence-corrected chi connectivity index (χ2v) is 6.98. The van der Waals surface area contributed by atoms with Gasteiger partial charge in [0.25, 0.3) is 5.91 Å². The number of carbonyl (C=O) groups excluding carboxylic acids is 2. The molecular weight excluding hydrogens is 408 g/mol. The van der Waals surface area contributed by atoms with Crippen LogP contribution in [0.1, 0.15) is 24.2 Å². The number of nitrogens with one attached hydrogen (secondary N) is 2. The van der Waals surface area contributed by atoms with Crippen LogP contribution in [-0.4, -0.2) is 28.3 Å². The van der Waals surface area contributed by atoms with Crippen LogP contribution < -0.4 is 15.4 Å². The van der Waals surface area contributed by atoms with E-state index in [2.05, 4.69) is 15.6 Å². The lowest BCUT2D eigenvalue weighted by Gasteiger charge is -2.06. The highest BCUT2D eigenvalue weighted by Gasteiger charge is 2.19. The van der Waals surface area contributed by atoms with Gasteiger partial charge in [-0.05, 0) is 31.2 Å². The topological polar surface area (TPSA) is 123 Å². The summed E-state index contributed by atoms with van der Waals surface area (Å²) in [5.74, 6) is -0.558. The van der Waals surface area contributed by atoms with E-state index in [-0.39, 0.29) is 29.5 Å². The van der Waals surface area contributed by atoms with E-state index in [0.717, 1.165) is 5.56 Å². The number of aromatic nitrogens is 1. The first-order valence-corrected chi connectivity index (χ1v) is 9.81. The van der Waals surface area contributed by atoms with E-state index in [1.807, 2.05) is 12.1 Å². The largest absolute Gasteiger partial charge is 0.487 e. The number of hydrogen-bond acceptors (Lipinski definition) is 7. The number of hydrogen-bond donors (Lipinski definition) is 2. The highest BCUT2D eigenvalue weighted by atomic mass is 32.1. The zero-order valence-corrected chi connectivity index (χ0v) is 17.0. The fourth-order valence-electron chi connectivity index (χ4n) is 2.64. The first-order chi connectivity index (χ1) is 14.4. The Hall–Kier alpha value is -3.79. The molecule has 154 valence electrons. The van der Waals surface area contributed by atoms with E-state index in [0.29, 0.717) is 16.5 Å². The molecule has 0 radical (unpaired) electrons. The van der Waals surface area contributed by atoms with Gasteiger partial charge in [0.1, 0.15) is 0 Å². The minimum absolute atomic E-state index is 0.110. The summed E-state index contributed by atoms with van der Waals surface area (Å²) in [6.07, 6.45) is 0. The van der Waals surface area contributed by atoms with Crippen LogP contribution in [0.25, 0.3) is 11.3 Å². The fraction of sp³-hybridized carbons (Fsp3) is 0.150. The maximum atomic E-state index is 12.5. The van der Waals surface area contributed by atoms with E-state index < -0.39 is 10.8 Å². The van der Waals surface area contributed by atoms with Gasteiger partial charge in [-0.3, -0.25) is 25.0 Å². The van der Waals surface area contributed by atoms with Crippen molar-refractivity contribution in [3.63, 3.8) is 0 Å². The molecule has 0 aliphatic rings. The van der Waals surface area contributed by atoms with Gasteiger partial charge in [0.15, 0.2) is 10.9 Å². The predicted molar refractivity (Wildman–Crippen MR) is 114 cm³/mol. The maximum Gasteiger partial charge on any atom is 0.311 e. The quantitative estimate of drug-likeness (QED) is 0.428. The Bertz CT molecular complexity index is 1090. The molecule has 0 bridgehead atoms. The van der Waals surface area contributed by atoms with Crippen LogP contribution in [-0.2, 0) is 4.79 Å². The Morgan fingerprint density at radius 2 is 1.90 bits per heavy atom. The third-order valence-corrected chi connectivity index (χ3v) is 4.70. The molecule has 0 saturated carbocycles. The van der Waals surface area contributed by atoms with E-state index in [4.69, 9.17) is 4.74 Å². The van der Waals surface area contributed by atoms with Crippen molar-refractivity contribution in [3.05, 3.63) is 63.5 Å². The van der Waals surface area contributed by atoms with Gasteiger partial charge >= 0.3 is 5.69 Å². The van der Waals surface area contributed by atoms with Crippen LogP contribution in [0.3, 0.4) is 0 Å². The molecule has 9 nitrogen and oxygen atoms in total. The number of ether oxygens (including phenoxy) is 1. The normalized spacial score (nSPS) is 10.3. The lowest BCUT2D eigenvalue weighted by molar-refractivity contribution is -0.385. The minimum atomic E-state index is -0.589. The number of anilines is 2. The average molecular weight is 426 g/mol. The van der Waals surface area contributed by atoms with Crippen LogP contribution in [0, 0.1) is 10.1 Å². The number of amides is 2. The summed E-state index contributed by atoms with van der Waals surface area (Å²) < 4.78 is 5.23. The van der Waals surface area contributed by atoms with E-state index >= 15 is 0 Å². The number of thiazole rings is 1. The third kappa shape index (κ3) is 4.97. The summed E-state index contributed by atoms with van der Waals surface area (Å²) >= 11 is 1.23. The molecule has 0 atom stereocenters. The second kappa shape index (κ2) is 9.14. The lowest BCUT2D eigenvalue weighted by atomic mass is 10.1. The molecule has 30 heavy (non-hydrogen) atoms. The minimum Gasteiger partial charge on any atom is -0.487 e. The first kappa shape index (κ1) is 20.9. The molecule has 2 amide bonds. The first-order valence-electron chi connectivity index (χ1n) is 8.93. The second-order valence-electron chi connectivity index (χ2n) is 6.12. The molecule has 2 aromatic carbocycles. The van der Waals surface area contributed by atoms with E-state index in [9.17, 15) is 19.7 Å². The van der Waals surface area contributed by atoms with Crippen molar-refractivity contribution in [2.45, 2.75) is 13.8 Å². The smallest absolute Gasteiger partial charge is 0.311 e. The van der Waals surface area contributed by atoms with Gasteiger partial charge < -0.3 is 10.1 Å². The number of nitro groups is 1.